The molecule has 0 bridgehead atoms. The van der Waals surface area contributed by atoms with Crippen molar-refractivity contribution in [3.63, 3.8) is 0 Å². The second-order valence-corrected chi connectivity index (χ2v) is 8.99. The Balaban J connectivity index is 1.55. The molecule has 0 aliphatic heterocycles. The van der Waals surface area contributed by atoms with Gasteiger partial charge in [0.05, 0.1) is 12.0 Å². The Hall–Kier alpha value is -2.22. The van der Waals surface area contributed by atoms with E-state index in [4.69, 9.17) is 0 Å². The first-order chi connectivity index (χ1) is 13.6. The minimum atomic E-state index is -0.751. The highest BCUT2D eigenvalue weighted by Gasteiger charge is 2.26. The predicted molar refractivity (Wildman–Crippen MR) is 112 cm³/mol. The molecule has 2 aromatic rings. The Labute approximate surface area is 168 Å². The average Bonchev–Trinajstić information content (AvgIpc) is 3.25. The summed E-state index contributed by atoms with van der Waals surface area (Å²) in [4.78, 5) is 8.23. The van der Waals surface area contributed by atoms with Gasteiger partial charge in [0.1, 0.15) is 5.82 Å². The molecule has 1 aliphatic rings. The maximum Gasteiger partial charge on any atom is 0.191 e. The van der Waals surface area contributed by atoms with Crippen LogP contribution in [0.5, 0.6) is 0 Å². The number of hydrogen-bond acceptors (Lipinski definition) is 3. The summed E-state index contributed by atoms with van der Waals surface area (Å²) in [5, 5.41) is 6.94. The zero-order chi connectivity index (χ0) is 19.9. The van der Waals surface area contributed by atoms with E-state index in [2.05, 4.69) is 20.6 Å². The molecule has 152 valence electrons. The van der Waals surface area contributed by atoms with Crippen molar-refractivity contribution in [2.75, 3.05) is 12.8 Å². The zero-order valence-electron chi connectivity index (χ0n) is 16.4. The summed E-state index contributed by atoms with van der Waals surface area (Å²) in [6.45, 7) is 2.45. The fourth-order valence-electron chi connectivity index (χ4n) is 3.60. The van der Waals surface area contributed by atoms with Gasteiger partial charge in [0.2, 0.25) is 0 Å². The molecule has 3 rings (SSSR count). The van der Waals surface area contributed by atoms with Crippen molar-refractivity contribution in [2.45, 2.75) is 50.4 Å². The van der Waals surface area contributed by atoms with Crippen LogP contribution >= 0.6 is 0 Å². The van der Waals surface area contributed by atoms with E-state index in [1.165, 1.54) is 6.07 Å². The molecule has 0 saturated heterocycles. The first-order valence-corrected chi connectivity index (χ1v) is 11.1. The number of nitrogens with one attached hydrogen (secondary N) is 2. The van der Waals surface area contributed by atoms with Crippen LogP contribution in [0.3, 0.4) is 0 Å². The van der Waals surface area contributed by atoms with Crippen molar-refractivity contribution in [2.24, 2.45) is 4.99 Å². The summed E-state index contributed by atoms with van der Waals surface area (Å²) in [5.74, 6) is 1.11. The van der Waals surface area contributed by atoms with Crippen molar-refractivity contribution in [3.05, 3.63) is 48.3 Å². The number of imidazole rings is 1. The molecular formula is C20H28FN5OS. The Bertz CT molecular complexity index is 824. The summed E-state index contributed by atoms with van der Waals surface area (Å²) >= 11 is 0. The standard InChI is InChI=1S/C20H28FN5OS/c1-3-28(27)17-6-4-5-16(12-17)25-20(22-2)24-13-15-7-8-19(18(21)11-15)26-10-9-23-14-26/h7-11,14,16-17H,3-6,12-13H2,1-2H3,(H2,22,24,25). The third-order valence-corrected chi connectivity index (χ3v) is 6.84. The molecule has 1 heterocycles. The van der Waals surface area contributed by atoms with Gasteiger partial charge in [0.25, 0.3) is 0 Å². The number of rotatable bonds is 6. The monoisotopic (exact) mass is 405 g/mol. The van der Waals surface area contributed by atoms with Crippen molar-refractivity contribution in [1.82, 2.24) is 20.2 Å². The average molecular weight is 406 g/mol. The number of halogens is 1. The molecular weight excluding hydrogens is 377 g/mol. The predicted octanol–water partition coefficient (Wildman–Crippen LogP) is 2.76. The molecule has 1 aliphatic carbocycles. The van der Waals surface area contributed by atoms with Gasteiger partial charge in [-0.15, -0.1) is 0 Å². The van der Waals surface area contributed by atoms with E-state index < -0.39 is 10.8 Å². The van der Waals surface area contributed by atoms with Gasteiger partial charge in [0.15, 0.2) is 5.96 Å². The van der Waals surface area contributed by atoms with Gasteiger partial charge in [-0.25, -0.2) is 9.37 Å². The van der Waals surface area contributed by atoms with Gasteiger partial charge in [-0.05, 0) is 37.0 Å². The fourth-order valence-corrected chi connectivity index (χ4v) is 4.94. The van der Waals surface area contributed by atoms with Gasteiger partial charge in [-0.1, -0.05) is 19.4 Å². The summed E-state index contributed by atoms with van der Waals surface area (Å²) in [5.41, 5.74) is 1.30. The second kappa shape index (κ2) is 9.82. The Morgan fingerprint density at radius 3 is 2.96 bits per heavy atom. The lowest BCUT2D eigenvalue weighted by atomic mass is 9.95. The van der Waals surface area contributed by atoms with Crippen LogP contribution in [0.25, 0.3) is 5.69 Å². The van der Waals surface area contributed by atoms with Gasteiger partial charge in [-0.2, -0.15) is 0 Å². The molecule has 1 fully saturated rings. The van der Waals surface area contributed by atoms with Gasteiger partial charge < -0.3 is 15.2 Å². The van der Waals surface area contributed by atoms with Crippen molar-refractivity contribution < 1.29 is 8.60 Å². The SMILES string of the molecule is CCS(=O)C1CCCC(NC(=NC)NCc2ccc(-n3ccnc3)c(F)c2)C1. The lowest BCUT2D eigenvalue weighted by Gasteiger charge is -2.30. The van der Waals surface area contributed by atoms with Gasteiger partial charge in [-0.3, -0.25) is 9.20 Å². The topological polar surface area (TPSA) is 71.3 Å². The summed E-state index contributed by atoms with van der Waals surface area (Å²) in [6.07, 6.45) is 8.97. The van der Waals surface area contributed by atoms with Crippen molar-refractivity contribution >= 4 is 16.8 Å². The Morgan fingerprint density at radius 1 is 1.43 bits per heavy atom. The van der Waals surface area contributed by atoms with E-state index in [1.807, 2.05) is 13.0 Å². The van der Waals surface area contributed by atoms with E-state index in [1.54, 1.807) is 36.4 Å². The summed E-state index contributed by atoms with van der Waals surface area (Å²) in [7, 11) is 0.974. The molecule has 1 saturated carbocycles. The minimum absolute atomic E-state index is 0.263. The van der Waals surface area contributed by atoms with Crippen LogP contribution in [0.1, 0.15) is 38.2 Å². The summed E-state index contributed by atoms with van der Waals surface area (Å²) < 4.78 is 28.2. The quantitative estimate of drug-likeness (QED) is 0.573. The Kier molecular flexibility index (Phi) is 7.19. The van der Waals surface area contributed by atoms with Crippen LogP contribution in [0, 0.1) is 5.82 Å². The normalized spacial score (nSPS) is 21.3. The maximum atomic E-state index is 14.4. The lowest BCUT2D eigenvalue weighted by Crippen LogP contribution is -2.46. The van der Waals surface area contributed by atoms with E-state index in [0.29, 0.717) is 23.9 Å². The highest BCUT2D eigenvalue weighted by molar-refractivity contribution is 7.85. The number of nitrogens with zero attached hydrogens (tertiary/aromatic N) is 3. The molecule has 1 aromatic heterocycles. The van der Waals surface area contributed by atoms with Crippen LogP contribution in [0.4, 0.5) is 4.39 Å². The van der Waals surface area contributed by atoms with Gasteiger partial charge in [0, 0.05) is 53.8 Å². The number of aliphatic imine (C=N–C) groups is 1. The molecule has 2 N–H and O–H groups in total. The lowest BCUT2D eigenvalue weighted by molar-refractivity contribution is 0.413. The fraction of sp³-hybridized carbons (Fsp3) is 0.500. The minimum Gasteiger partial charge on any atom is -0.354 e. The van der Waals surface area contributed by atoms with E-state index >= 15 is 0 Å². The van der Waals surface area contributed by atoms with Crippen LogP contribution in [-0.4, -0.2) is 43.8 Å². The molecule has 3 unspecified atom stereocenters. The highest BCUT2D eigenvalue weighted by atomic mass is 32.2. The molecule has 8 heteroatoms. The molecule has 1 aromatic carbocycles. The van der Waals surface area contributed by atoms with Crippen LogP contribution in [0.15, 0.2) is 41.9 Å². The molecule has 0 amide bonds. The number of hydrogen-bond donors (Lipinski definition) is 2. The highest BCUT2D eigenvalue weighted by Crippen LogP contribution is 2.23. The zero-order valence-corrected chi connectivity index (χ0v) is 17.2. The first-order valence-electron chi connectivity index (χ1n) is 9.71. The molecule has 0 spiro atoms. The molecule has 28 heavy (non-hydrogen) atoms. The molecule has 3 atom stereocenters. The second-order valence-electron chi connectivity index (χ2n) is 6.98. The van der Waals surface area contributed by atoms with E-state index in [-0.39, 0.29) is 17.1 Å². The van der Waals surface area contributed by atoms with Crippen LogP contribution in [-0.2, 0) is 17.3 Å². The van der Waals surface area contributed by atoms with Crippen molar-refractivity contribution in [1.29, 1.82) is 0 Å². The third kappa shape index (κ3) is 5.19. The van der Waals surface area contributed by atoms with E-state index in [9.17, 15) is 8.60 Å². The van der Waals surface area contributed by atoms with E-state index in [0.717, 1.165) is 31.2 Å². The van der Waals surface area contributed by atoms with Gasteiger partial charge >= 0.3 is 0 Å². The smallest absolute Gasteiger partial charge is 0.191 e. The molecule has 6 nitrogen and oxygen atoms in total. The summed E-state index contributed by atoms with van der Waals surface area (Å²) in [6, 6.07) is 5.42. The van der Waals surface area contributed by atoms with Crippen LogP contribution < -0.4 is 10.6 Å². The third-order valence-electron chi connectivity index (χ3n) is 5.10. The van der Waals surface area contributed by atoms with Crippen molar-refractivity contribution in [3.8, 4) is 5.69 Å². The van der Waals surface area contributed by atoms with Crippen LogP contribution in [0.2, 0.25) is 0 Å². The largest absolute Gasteiger partial charge is 0.354 e. The maximum absolute atomic E-state index is 14.4. The first kappa shape index (κ1) is 20.5. The number of benzene rings is 1. The molecule has 0 radical (unpaired) electrons. The number of guanidine groups is 1. The Morgan fingerprint density at radius 2 is 2.29 bits per heavy atom. The number of aromatic nitrogens is 2.